The molecule has 0 saturated heterocycles. The molecule has 0 amide bonds. The molecule has 4 heteroatoms. The average molecular weight is 277 g/mol. The molecule has 0 aromatic heterocycles. The maximum atomic E-state index is 4.21. The van der Waals surface area contributed by atoms with E-state index in [0.717, 1.165) is 30.6 Å². The molecule has 2 N–H and O–H groups in total. The van der Waals surface area contributed by atoms with Crippen LogP contribution in [0.5, 0.6) is 0 Å². The van der Waals surface area contributed by atoms with Crippen molar-refractivity contribution in [3.63, 3.8) is 0 Å². The second-order valence-corrected chi connectivity index (χ2v) is 5.36. The maximum Gasteiger partial charge on any atom is 0.191 e. The minimum absolute atomic E-state index is 0.793. The lowest BCUT2D eigenvalue weighted by atomic mass is 10.1. The SMILES string of the molecule is C=CCSCCNC(=NC)NCc1cccc(C)c1. The van der Waals surface area contributed by atoms with Crippen molar-refractivity contribution in [1.29, 1.82) is 0 Å². The summed E-state index contributed by atoms with van der Waals surface area (Å²) in [6.45, 7) is 7.51. The smallest absolute Gasteiger partial charge is 0.191 e. The number of hydrogen-bond acceptors (Lipinski definition) is 2. The molecule has 0 fully saturated rings. The Morgan fingerprint density at radius 1 is 1.42 bits per heavy atom. The highest BCUT2D eigenvalue weighted by Crippen LogP contribution is 2.03. The number of benzene rings is 1. The summed E-state index contributed by atoms with van der Waals surface area (Å²) in [5.41, 5.74) is 2.55. The fourth-order valence-corrected chi connectivity index (χ4v) is 2.22. The molecular weight excluding hydrogens is 254 g/mol. The van der Waals surface area contributed by atoms with Crippen molar-refractivity contribution in [3.8, 4) is 0 Å². The van der Waals surface area contributed by atoms with Gasteiger partial charge in [-0.15, -0.1) is 6.58 Å². The van der Waals surface area contributed by atoms with Crippen LogP contribution < -0.4 is 10.6 Å². The van der Waals surface area contributed by atoms with E-state index >= 15 is 0 Å². The van der Waals surface area contributed by atoms with Gasteiger partial charge in [-0.2, -0.15) is 11.8 Å². The predicted molar refractivity (Wildman–Crippen MR) is 86.9 cm³/mol. The highest BCUT2D eigenvalue weighted by molar-refractivity contribution is 7.99. The molecule has 104 valence electrons. The second kappa shape index (κ2) is 9.50. The summed E-state index contributed by atoms with van der Waals surface area (Å²) in [5.74, 6) is 2.90. The Labute approximate surface area is 120 Å². The van der Waals surface area contributed by atoms with Crippen LogP contribution in [0.25, 0.3) is 0 Å². The first-order valence-electron chi connectivity index (χ1n) is 6.45. The van der Waals surface area contributed by atoms with E-state index in [9.17, 15) is 0 Å². The van der Waals surface area contributed by atoms with Gasteiger partial charge in [0, 0.05) is 31.6 Å². The van der Waals surface area contributed by atoms with Crippen molar-refractivity contribution in [3.05, 3.63) is 48.0 Å². The molecule has 0 aliphatic carbocycles. The van der Waals surface area contributed by atoms with E-state index in [1.165, 1.54) is 11.1 Å². The highest BCUT2D eigenvalue weighted by atomic mass is 32.2. The van der Waals surface area contributed by atoms with Crippen molar-refractivity contribution >= 4 is 17.7 Å². The standard InChI is InChI=1S/C15H23N3S/c1-4-9-19-10-8-17-15(16-3)18-12-14-7-5-6-13(2)11-14/h4-7,11H,1,8-10,12H2,2-3H3,(H2,16,17,18). The predicted octanol–water partition coefficient (Wildman–Crippen LogP) is 2.58. The Balaban J connectivity index is 2.27. The highest BCUT2D eigenvalue weighted by Gasteiger charge is 1.98. The van der Waals surface area contributed by atoms with Gasteiger partial charge < -0.3 is 10.6 Å². The fourth-order valence-electron chi connectivity index (χ4n) is 1.64. The molecule has 0 aliphatic rings. The summed E-state index contributed by atoms with van der Waals surface area (Å²) in [6.07, 6.45) is 1.93. The molecule has 0 aliphatic heterocycles. The summed E-state index contributed by atoms with van der Waals surface area (Å²) in [6, 6.07) is 8.48. The quantitative estimate of drug-likeness (QED) is 0.348. The molecular formula is C15H23N3S. The Morgan fingerprint density at radius 3 is 2.95 bits per heavy atom. The third-order valence-electron chi connectivity index (χ3n) is 2.54. The van der Waals surface area contributed by atoms with Crippen LogP contribution in [0.2, 0.25) is 0 Å². The van der Waals surface area contributed by atoms with Crippen molar-refractivity contribution < 1.29 is 0 Å². The molecule has 0 atom stereocenters. The molecule has 3 nitrogen and oxygen atoms in total. The zero-order valence-electron chi connectivity index (χ0n) is 11.8. The molecule has 0 spiro atoms. The number of aryl methyl sites for hydroxylation is 1. The van der Waals surface area contributed by atoms with Gasteiger partial charge in [-0.05, 0) is 12.5 Å². The van der Waals surface area contributed by atoms with Crippen LogP contribution in [0, 0.1) is 6.92 Å². The van der Waals surface area contributed by atoms with E-state index in [4.69, 9.17) is 0 Å². The number of thioether (sulfide) groups is 1. The van der Waals surface area contributed by atoms with Crippen LogP contribution >= 0.6 is 11.8 Å². The van der Waals surface area contributed by atoms with Gasteiger partial charge in [0.1, 0.15) is 0 Å². The van der Waals surface area contributed by atoms with Crippen LogP contribution in [0.3, 0.4) is 0 Å². The fraction of sp³-hybridized carbons (Fsp3) is 0.400. The van der Waals surface area contributed by atoms with Crippen molar-refractivity contribution in [2.45, 2.75) is 13.5 Å². The zero-order valence-corrected chi connectivity index (χ0v) is 12.6. The van der Waals surface area contributed by atoms with Gasteiger partial charge in [-0.3, -0.25) is 4.99 Å². The molecule has 0 unspecified atom stereocenters. The Morgan fingerprint density at radius 2 is 2.26 bits per heavy atom. The van der Waals surface area contributed by atoms with Crippen LogP contribution in [-0.2, 0) is 6.54 Å². The van der Waals surface area contributed by atoms with E-state index in [2.05, 4.69) is 53.4 Å². The molecule has 0 radical (unpaired) electrons. The first-order valence-corrected chi connectivity index (χ1v) is 7.60. The second-order valence-electron chi connectivity index (χ2n) is 4.21. The Bertz CT molecular complexity index is 416. The van der Waals surface area contributed by atoms with E-state index in [1.807, 2.05) is 17.8 Å². The lowest BCUT2D eigenvalue weighted by Gasteiger charge is -2.11. The summed E-state index contributed by atoms with van der Waals surface area (Å²) < 4.78 is 0. The molecule has 0 heterocycles. The van der Waals surface area contributed by atoms with Crippen molar-refractivity contribution in [1.82, 2.24) is 10.6 Å². The van der Waals surface area contributed by atoms with Crippen molar-refractivity contribution in [2.24, 2.45) is 4.99 Å². The van der Waals surface area contributed by atoms with Crippen LogP contribution in [0.4, 0.5) is 0 Å². The largest absolute Gasteiger partial charge is 0.356 e. The number of nitrogens with zero attached hydrogens (tertiary/aromatic N) is 1. The van der Waals surface area contributed by atoms with Crippen molar-refractivity contribution in [2.75, 3.05) is 25.1 Å². The minimum atomic E-state index is 0.793. The van der Waals surface area contributed by atoms with Crippen LogP contribution in [0.1, 0.15) is 11.1 Å². The molecule has 0 bridgehead atoms. The molecule has 1 rings (SSSR count). The Kier molecular flexibility index (Phi) is 7.82. The third-order valence-corrected chi connectivity index (χ3v) is 3.50. The van der Waals surface area contributed by atoms with E-state index in [1.54, 1.807) is 7.05 Å². The number of guanidine groups is 1. The van der Waals surface area contributed by atoms with Crippen LogP contribution in [0.15, 0.2) is 41.9 Å². The van der Waals surface area contributed by atoms with E-state index in [0.29, 0.717) is 0 Å². The number of rotatable bonds is 7. The molecule has 1 aromatic rings. The zero-order chi connectivity index (χ0) is 13.9. The van der Waals surface area contributed by atoms with Crippen LogP contribution in [-0.4, -0.2) is 31.1 Å². The minimum Gasteiger partial charge on any atom is -0.356 e. The third kappa shape index (κ3) is 6.91. The number of hydrogen-bond donors (Lipinski definition) is 2. The van der Waals surface area contributed by atoms with Gasteiger partial charge in [0.15, 0.2) is 5.96 Å². The average Bonchev–Trinajstić information content (AvgIpc) is 2.42. The van der Waals surface area contributed by atoms with Gasteiger partial charge >= 0.3 is 0 Å². The number of nitrogens with one attached hydrogen (secondary N) is 2. The lowest BCUT2D eigenvalue weighted by Crippen LogP contribution is -2.37. The first kappa shape index (κ1) is 15.6. The summed E-state index contributed by atoms with van der Waals surface area (Å²) in [4.78, 5) is 4.21. The van der Waals surface area contributed by atoms with Gasteiger partial charge in [-0.1, -0.05) is 35.9 Å². The van der Waals surface area contributed by atoms with E-state index < -0.39 is 0 Å². The summed E-state index contributed by atoms with van der Waals surface area (Å²) in [5, 5.41) is 6.61. The van der Waals surface area contributed by atoms with Gasteiger partial charge in [0.05, 0.1) is 0 Å². The Hall–Kier alpha value is -1.42. The monoisotopic (exact) mass is 277 g/mol. The molecule has 19 heavy (non-hydrogen) atoms. The molecule has 1 aromatic carbocycles. The summed E-state index contributed by atoms with van der Waals surface area (Å²) >= 11 is 1.86. The normalized spacial score (nSPS) is 11.2. The maximum absolute atomic E-state index is 4.21. The van der Waals surface area contributed by atoms with Gasteiger partial charge in [-0.25, -0.2) is 0 Å². The van der Waals surface area contributed by atoms with E-state index in [-0.39, 0.29) is 0 Å². The first-order chi connectivity index (χ1) is 9.26. The topological polar surface area (TPSA) is 36.4 Å². The molecule has 0 saturated carbocycles. The number of aliphatic imine (C=N–C) groups is 1. The van der Waals surface area contributed by atoms with Gasteiger partial charge in [0.25, 0.3) is 0 Å². The van der Waals surface area contributed by atoms with Gasteiger partial charge in [0.2, 0.25) is 0 Å². The summed E-state index contributed by atoms with van der Waals surface area (Å²) in [7, 11) is 1.79. The lowest BCUT2D eigenvalue weighted by molar-refractivity contribution is 0.832.